The zero-order valence-corrected chi connectivity index (χ0v) is 17.4. The summed E-state index contributed by atoms with van der Waals surface area (Å²) in [5.74, 6) is 0.577. The van der Waals surface area contributed by atoms with Gasteiger partial charge in [0.25, 0.3) is 5.91 Å². The molecule has 1 saturated heterocycles. The van der Waals surface area contributed by atoms with E-state index in [1.807, 2.05) is 41.4 Å². The number of carbonyl (C=O) groups excluding carboxylic acids is 1. The van der Waals surface area contributed by atoms with Crippen molar-refractivity contribution in [2.75, 3.05) is 38.5 Å². The largest absolute Gasteiger partial charge is 0.355 e. The summed E-state index contributed by atoms with van der Waals surface area (Å²) in [7, 11) is 2.09. The summed E-state index contributed by atoms with van der Waals surface area (Å²) < 4.78 is 0. The van der Waals surface area contributed by atoms with Gasteiger partial charge < -0.3 is 15.1 Å². The maximum atomic E-state index is 12.7. The first-order chi connectivity index (χ1) is 14.0. The number of amides is 1. The number of nitrogens with zero attached hydrogens (tertiary/aromatic N) is 3. The van der Waals surface area contributed by atoms with Crippen LogP contribution in [0.15, 0.2) is 54.7 Å². The molecular formula is C24H28N4O. The first-order valence-corrected chi connectivity index (χ1v) is 10.2. The fraction of sp³-hybridized carbons (Fsp3) is 0.333. The summed E-state index contributed by atoms with van der Waals surface area (Å²) in [4.78, 5) is 21.4. The molecule has 0 saturated carbocycles. The minimum atomic E-state index is 0.112. The highest BCUT2D eigenvalue weighted by atomic mass is 16.2. The molecule has 1 aliphatic heterocycles. The topological polar surface area (TPSA) is 48.5 Å². The third-order valence-corrected chi connectivity index (χ3v) is 5.63. The predicted molar refractivity (Wildman–Crippen MR) is 119 cm³/mol. The number of likely N-dealkylation sites (N-methyl/N-ethyl adjacent to an activating group) is 1. The number of rotatable bonds is 4. The molecule has 1 aromatic heterocycles. The molecule has 0 bridgehead atoms. The molecule has 5 nitrogen and oxygen atoms in total. The molecule has 29 heavy (non-hydrogen) atoms. The van der Waals surface area contributed by atoms with Gasteiger partial charge in [-0.25, -0.2) is 0 Å². The van der Waals surface area contributed by atoms with Gasteiger partial charge in [-0.2, -0.15) is 0 Å². The van der Waals surface area contributed by atoms with Crippen LogP contribution in [0.3, 0.4) is 0 Å². The predicted octanol–water partition coefficient (Wildman–Crippen LogP) is 4.49. The van der Waals surface area contributed by atoms with Gasteiger partial charge in [0.15, 0.2) is 0 Å². The molecule has 4 rings (SSSR count). The van der Waals surface area contributed by atoms with E-state index in [4.69, 9.17) is 0 Å². The zero-order valence-electron chi connectivity index (χ0n) is 17.4. The smallest absolute Gasteiger partial charge is 0.253 e. The van der Waals surface area contributed by atoms with Crippen molar-refractivity contribution < 1.29 is 4.79 Å². The number of piperazine rings is 1. The van der Waals surface area contributed by atoms with E-state index in [9.17, 15) is 4.79 Å². The van der Waals surface area contributed by atoms with E-state index >= 15 is 0 Å². The van der Waals surface area contributed by atoms with Gasteiger partial charge in [-0.15, -0.1) is 0 Å². The molecule has 5 heteroatoms. The Labute approximate surface area is 172 Å². The van der Waals surface area contributed by atoms with Crippen LogP contribution in [0.4, 0.5) is 11.4 Å². The van der Waals surface area contributed by atoms with Gasteiger partial charge >= 0.3 is 0 Å². The molecule has 1 aliphatic rings. The molecule has 2 heterocycles. The highest BCUT2D eigenvalue weighted by molar-refractivity contribution is 5.96. The van der Waals surface area contributed by atoms with Crippen LogP contribution in [0.5, 0.6) is 0 Å². The van der Waals surface area contributed by atoms with Crippen molar-refractivity contribution in [3.63, 3.8) is 0 Å². The standard InChI is InChI=1S/C24H28N4O/c1-17(2)19-6-9-22-21(16-19)23(10-11-25-22)26-20-7-4-18(5-8-20)24(29)28-14-12-27(3)13-15-28/h4-11,16-17H,12-15H2,1-3H3,(H,25,26). The van der Waals surface area contributed by atoms with E-state index < -0.39 is 0 Å². The van der Waals surface area contributed by atoms with Crippen molar-refractivity contribution in [3.05, 3.63) is 65.9 Å². The summed E-state index contributed by atoms with van der Waals surface area (Å²) in [6, 6.07) is 16.2. The second kappa shape index (κ2) is 8.21. The van der Waals surface area contributed by atoms with Crippen molar-refractivity contribution in [3.8, 4) is 0 Å². The van der Waals surface area contributed by atoms with E-state index in [0.717, 1.165) is 54.0 Å². The molecule has 1 fully saturated rings. The van der Waals surface area contributed by atoms with Crippen LogP contribution in [0.1, 0.15) is 35.7 Å². The zero-order chi connectivity index (χ0) is 20.4. The quantitative estimate of drug-likeness (QED) is 0.715. The van der Waals surface area contributed by atoms with E-state index in [-0.39, 0.29) is 5.91 Å². The van der Waals surface area contributed by atoms with E-state index in [2.05, 4.69) is 54.3 Å². The molecule has 3 aromatic rings. The average molecular weight is 389 g/mol. The van der Waals surface area contributed by atoms with Crippen LogP contribution < -0.4 is 5.32 Å². The number of carbonyl (C=O) groups is 1. The Hall–Kier alpha value is -2.92. The number of benzene rings is 2. The Morgan fingerprint density at radius 3 is 2.41 bits per heavy atom. The first-order valence-electron chi connectivity index (χ1n) is 10.2. The number of nitrogens with one attached hydrogen (secondary N) is 1. The molecule has 1 N–H and O–H groups in total. The molecule has 0 radical (unpaired) electrons. The highest BCUT2D eigenvalue weighted by Gasteiger charge is 2.20. The average Bonchev–Trinajstić information content (AvgIpc) is 2.74. The van der Waals surface area contributed by atoms with Gasteiger partial charge in [0.2, 0.25) is 0 Å². The number of aromatic nitrogens is 1. The number of hydrogen-bond acceptors (Lipinski definition) is 4. The number of pyridine rings is 1. The molecule has 2 aromatic carbocycles. The summed E-state index contributed by atoms with van der Waals surface area (Å²) in [5.41, 5.74) is 4.99. The van der Waals surface area contributed by atoms with Crippen LogP contribution in [0.25, 0.3) is 10.9 Å². The van der Waals surface area contributed by atoms with E-state index in [1.165, 1.54) is 5.56 Å². The van der Waals surface area contributed by atoms with E-state index in [1.54, 1.807) is 0 Å². The Kier molecular flexibility index (Phi) is 5.49. The van der Waals surface area contributed by atoms with Crippen LogP contribution in [0.2, 0.25) is 0 Å². The van der Waals surface area contributed by atoms with Crippen LogP contribution in [-0.2, 0) is 0 Å². The Bertz CT molecular complexity index is 1010. The summed E-state index contributed by atoms with van der Waals surface area (Å²) in [5, 5.41) is 4.60. The van der Waals surface area contributed by atoms with Crippen LogP contribution >= 0.6 is 0 Å². The lowest BCUT2D eigenvalue weighted by Gasteiger charge is -2.32. The van der Waals surface area contributed by atoms with Gasteiger partial charge in [0.1, 0.15) is 0 Å². The van der Waals surface area contributed by atoms with Crippen molar-refractivity contribution in [1.29, 1.82) is 0 Å². The Morgan fingerprint density at radius 1 is 1.00 bits per heavy atom. The first kappa shape index (κ1) is 19.4. The SMILES string of the molecule is CC(C)c1ccc2nccc(Nc3ccc(C(=O)N4CCN(C)CC4)cc3)c2c1. The lowest BCUT2D eigenvalue weighted by Crippen LogP contribution is -2.47. The van der Waals surface area contributed by atoms with Crippen molar-refractivity contribution >= 4 is 28.2 Å². The van der Waals surface area contributed by atoms with Crippen molar-refractivity contribution in [2.24, 2.45) is 0 Å². The van der Waals surface area contributed by atoms with Crippen molar-refractivity contribution in [1.82, 2.24) is 14.8 Å². The third kappa shape index (κ3) is 4.25. The van der Waals surface area contributed by atoms with Crippen LogP contribution in [-0.4, -0.2) is 53.9 Å². The molecule has 0 aliphatic carbocycles. The number of hydrogen-bond donors (Lipinski definition) is 1. The molecule has 0 unspecified atom stereocenters. The third-order valence-electron chi connectivity index (χ3n) is 5.63. The lowest BCUT2D eigenvalue weighted by molar-refractivity contribution is 0.0664. The normalized spacial score (nSPS) is 15.1. The molecule has 0 atom stereocenters. The number of anilines is 2. The fourth-order valence-corrected chi connectivity index (χ4v) is 3.68. The summed E-state index contributed by atoms with van der Waals surface area (Å²) >= 11 is 0. The fourth-order valence-electron chi connectivity index (χ4n) is 3.68. The Morgan fingerprint density at radius 2 is 1.72 bits per heavy atom. The summed E-state index contributed by atoms with van der Waals surface area (Å²) in [6.07, 6.45) is 1.82. The van der Waals surface area contributed by atoms with Crippen LogP contribution in [0, 0.1) is 0 Å². The van der Waals surface area contributed by atoms with Crippen molar-refractivity contribution in [2.45, 2.75) is 19.8 Å². The van der Waals surface area contributed by atoms with Gasteiger partial charge in [0, 0.05) is 54.7 Å². The Balaban J connectivity index is 1.53. The molecule has 1 amide bonds. The maximum Gasteiger partial charge on any atom is 0.253 e. The van der Waals surface area contributed by atoms with Gasteiger partial charge in [-0.05, 0) is 61.0 Å². The molecular weight excluding hydrogens is 360 g/mol. The monoisotopic (exact) mass is 388 g/mol. The van der Waals surface area contributed by atoms with E-state index in [0.29, 0.717) is 5.92 Å². The summed E-state index contributed by atoms with van der Waals surface area (Å²) in [6.45, 7) is 7.83. The van der Waals surface area contributed by atoms with Gasteiger partial charge in [-0.3, -0.25) is 9.78 Å². The maximum absolute atomic E-state index is 12.7. The number of fused-ring (bicyclic) bond motifs is 1. The lowest BCUT2D eigenvalue weighted by atomic mass is 10.0. The second-order valence-corrected chi connectivity index (χ2v) is 8.09. The van der Waals surface area contributed by atoms with Gasteiger partial charge in [0.05, 0.1) is 5.52 Å². The van der Waals surface area contributed by atoms with Gasteiger partial charge in [-0.1, -0.05) is 19.9 Å². The highest BCUT2D eigenvalue weighted by Crippen LogP contribution is 2.28. The minimum Gasteiger partial charge on any atom is -0.355 e. The second-order valence-electron chi connectivity index (χ2n) is 8.09. The molecule has 150 valence electrons. The minimum absolute atomic E-state index is 0.112. The molecule has 0 spiro atoms.